The molecule has 1 fully saturated rings. The number of aryl methyl sites for hydroxylation is 1. The number of nitrogens with zero attached hydrogens (tertiary/aromatic N) is 6. The molecule has 32 heavy (non-hydrogen) atoms. The quantitative estimate of drug-likeness (QED) is 0.473. The second-order valence-electron chi connectivity index (χ2n) is 7.45. The van der Waals surface area contributed by atoms with Crippen molar-refractivity contribution in [1.82, 2.24) is 24.5 Å². The molecule has 0 unspecified atom stereocenters. The molecule has 0 atom stereocenters. The topological polar surface area (TPSA) is 107 Å². The number of methoxy groups -OCH3 is 1. The smallest absolute Gasteiger partial charge is 0.265 e. The highest BCUT2D eigenvalue weighted by atomic mass is 32.2. The number of hydrogen-bond acceptors (Lipinski definition) is 7. The van der Waals surface area contributed by atoms with Crippen LogP contribution in [-0.2, 0) is 17.1 Å². The van der Waals surface area contributed by atoms with E-state index in [4.69, 9.17) is 4.74 Å². The fraction of sp³-hybridized carbons (Fsp3) is 0.250. The highest BCUT2D eigenvalue weighted by Crippen LogP contribution is 2.34. The van der Waals surface area contributed by atoms with Crippen LogP contribution in [0.5, 0.6) is 5.75 Å². The fourth-order valence-electron chi connectivity index (χ4n) is 3.65. The zero-order valence-corrected chi connectivity index (χ0v) is 18.1. The van der Waals surface area contributed by atoms with Crippen LogP contribution >= 0.6 is 0 Å². The summed E-state index contributed by atoms with van der Waals surface area (Å²) in [6.07, 6.45) is 5.01. The number of hydrogen-bond donors (Lipinski definition) is 1. The molecule has 0 saturated carbocycles. The van der Waals surface area contributed by atoms with E-state index in [2.05, 4.69) is 19.9 Å². The summed E-state index contributed by atoms with van der Waals surface area (Å²) >= 11 is 0. The van der Waals surface area contributed by atoms with E-state index in [1.165, 1.54) is 24.2 Å². The Morgan fingerprint density at radius 2 is 2.00 bits per heavy atom. The molecule has 4 heterocycles. The van der Waals surface area contributed by atoms with Gasteiger partial charge in [-0.1, -0.05) is 0 Å². The predicted octanol–water partition coefficient (Wildman–Crippen LogP) is 2.12. The van der Waals surface area contributed by atoms with Crippen LogP contribution in [0.15, 0.2) is 53.9 Å². The molecule has 1 aliphatic heterocycles. The molecule has 5 rings (SSSR count). The third kappa shape index (κ3) is 3.42. The van der Waals surface area contributed by atoms with Crippen LogP contribution < -0.4 is 14.4 Å². The molecule has 0 aliphatic carbocycles. The Kier molecular flexibility index (Phi) is 4.73. The van der Waals surface area contributed by atoms with E-state index in [0.29, 0.717) is 30.2 Å². The van der Waals surface area contributed by atoms with Crippen LogP contribution in [-0.4, -0.2) is 59.3 Å². The van der Waals surface area contributed by atoms with Crippen molar-refractivity contribution in [2.75, 3.05) is 29.8 Å². The first-order chi connectivity index (χ1) is 15.4. The minimum absolute atomic E-state index is 0.0429. The van der Waals surface area contributed by atoms with Gasteiger partial charge in [-0.15, -0.1) is 0 Å². The van der Waals surface area contributed by atoms with Gasteiger partial charge in [0.25, 0.3) is 10.0 Å². The Balaban J connectivity index is 1.47. The summed E-state index contributed by atoms with van der Waals surface area (Å²) in [7, 11) is -0.799. The Morgan fingerprint density at radius 3 is 2.75 bits per heavy atom. The van der Waals surface area contributed by atoms with Gasteiger partial charge in [-0.3, -0.25) is 9.40 Å². The van der Waals surface area contributed by atoms with Gasteiger partial charge >= 0.3 is 0 Å². The molecule has 12 heteroatoms. The average Bonchev–Trinajstić information content (AvgIpc) is 3.40. The minimum atomic E-state index is -3.99. The molecule has 3 aromatic heterocycles. The molecule has 0 radical (unpaired) electrons. The van der Waals surface area contributed by atoms with Gasteiger partial charge in [0.05, 0.1) is 44.3 Å². The summed E-state index contributed by atoms with van der Waals surface area (Å²) in [6.45, 7) is 0.654. The van der Waals surface area contributed by atoms with Crippen molar-refractivity contribution in [3.63, 3.8) is 0 Å². The SMILES string of the molecule is COc1ccc2cnn(C)c2c1NS(=O)(=O)c1cnn(-c2cc(N3CC(F)C3)ccn2)c1. The first kappa shape index (κ1) is 20.2. The second kappa shape index (κ2) is 7.48. The number of pyridine rings is 1. The summed E-state index contributed by atoms with van der Waals surface area (Å²) in [5.41, 5.74) is 1.68. The van der Waals surface area contributed by atoms with E-state index in [-0.39, 0.29) is 10.6 Å². The highest BCUT2D eigenvalue weighted by Gasteiger charge is 2.27. The normalized spacial score (nSPS) is 14.5. The Hall–Kier alpha value is -3.67. The molecule has 0 spiro atoms. The lowest BCUT2D eigenvalue weighted by Gasteiger charge is -2.36. The summed E-state index contributed by atoms with van der Waals surface area (Å²) in [4.78, 5) is 6.09. The number of nitrogens with one attached hydrogen (secondary N) is 1. The van der Waals surface area contributed by atoms with Gasteiger partial charge in [-0.2, -0.15) is 10.2 Å². The van der Waals surface area contributed by atoms with E-state index in [1.807, 2.05) is 4.90 Å². The molecule has 1 N–H and O–H groups in total. The number of ether oxygens (including phenoxy) is 1. The zero-order chi connectivity index (χ0) is 22.5. The van der Waals surface area contributed by atoms with Crippen molar-refractivity contribution in [3.8, 4) is 11.6 Å². The Labute approximate surface area is 183 Å². The van der Waals surface area contributed by atoms with E-state index in [0.717, 1.165) is 11.1 Å². The Morgan fingerprint density at radius 1 is 1.19 bits per heavy atom. The second-order valence-corrected chi connectivity index (χ2v) is 9.13. The zero-order valence-electron chi connectivity index (χ0n) is 17.3. The lowest BCUT2D eigenvalue weighted by atomic mass is 10.1. The van der Waals surface area contributed by atoms with Gasteiger partial charge in [-0.25, -0.2) is 22.5 Å². The fourth-order valence-corrected chi connectivity index (χ4v) is 4.65. The molecule has 4 aromatic rings. The first-order valence-corrected chi connectivity index (χ1v) is 11.3. The largest absolute Gasteiger partial charge is 0.494 e. The van der Waals surface area contributed by atoms with Gasteiger partial charge in [0.2, 0.25) is 0 Å². The van der Waals surface area contributed by atoms with Crippen molar-refractivity contribution >= 4 is 32.3 Å². The summed E-state index contributed by atoms with van der Waals surface area (Å²) in [5, 5.41) is 9.12. The van der Waals surface area contributed by atoms with Crippen LogP contribution in [0, 0.1) is 0 Å². The number of benzene rings is 1. The maximum atomic E-state index is 13.2. The molecular weight excluding hydrogens is 437 g/mol. The van der Waals surface area contributed by atoms with Crippen LogP contribution in [0.1, 0.15) is 0 Å². The van der Waals surface area contributed by atoms with Crippen molar-refractivity contribution in [2.45, 2.75) is 11.1 Å². The third-order valence-corrected chi connectivity index (χ3v) is 6.66. The Bertz CT molecular complexity index is 1410. The lowest BCUT2D eigenvalue weighted by molar-refractivity contribution is 0.275. The molecule has 0 amide bonds. The summed E-state index contributed by atoms with van der Waals surface area (Å²) < 4.78 is 50.4. The number of anilines is 2. The van der Waals surface area contributed by atoms with Crippen LogP contribution in [0.3, 0.4) is 0 Å². The molecular formula is C20H20FN7O3S. The van der Waals surface area contributed by atoms with Crippen LogP contribution in [0.25, 0.3) is 16.7 Å². The predicted molar refractivity (Wildman–Crippen MR) is 117 cm³/mol. The van der Waals surface area contributed by atoms with E-state index in [9.17, 15) is 12.8 Å². The molecule has 1 saturated heterocycles. The van der Waals surface area contributed by atoms with E-state index >= 15 is 0 Å². The highest BCUT2D eigenvalue weighted by molar-refractivity contribution is 7.92. The standard InChI is InChI=1S/C20H20FN7O3S/c1-26-20-13(8-23-26)3-4-17(31-2)19(20)25-32(29,30)16-9-24-28(12-16)18-7-15(5-6-22-18)27-10-14(21)11-27/h3-9,12,14,25H,10-11H2,1-2H3. The van der Waals surface area contributed by atoms with Crippen molar-refractivity contribution in [1.29, 1.82) is 0 Å². The molecule has 1 aliphatic rings. The maximum Gasteiger partial charge on any atom is 0.265 e. The van der Waals surface area contributed by atoms with Crippen molar-refractivity contribution < 1.29 is 17.5 Å². The number of halogens is 1. The first-order valence-electron chi connectivity index (χ1n) is 9.77. The van der Waals surface area contributed by atoms with Crippen molar-refractivity contribution in [2.24, 2.45) is 7.05 Å². The average molecular weight is 457 g/mol. The number of alkyl halides is 1. The van der Waals surface area contributed by atoms with Crippen LogP contribution in [0.2, 0.25) is 0 Å². The van der Waals surface area contributed by atoms with E-state index < -0.39 is 16.2 Å². The third-order valence-electron chi connectivity index (χ3n) is 5.36. The summed E-state index contributed by atoms with van der Waals surface area (Å²) in [6, 6.07) is 7.00. The van der Waals surface area contributed by atoms with Crippen LogP contribution in [0.4, 0.5) is 15.8 Å². The molecule has 0 bridgehead atoms. The molecule has 1 aromatic carbocycles. The molecule has 10 nitrogen and oxygen atoms in total. The van der Waals surface area contributed by atoms with Gasteiger partial charge in [0.15, 0.2) is 5.82 Å². The molecule has 166 valence electrons. The maximum absolute atomic E-state index is 13.2. The van der Waals surface area contributed by atoms with Gasteiger partial charge in [0, 0.05) is 30.4 Å². The number of aromatic nitrogens is 5. The van der Waals surface area contributed by atoms with Gasteiger partial charge in [0.1, 0.15) is 22.5 Å². The monoisotopic (exact) mass is 457 g/mol. The lowest BCUT2D eigenvalue weighted by Crippen LogP contribution is -2.48. The number of rotatable bonds is 6. The number of fused-ring (bicyclic) bond motifs is 1. The van der Waals surface area contributed by atoms with Gasteiger partial charge < -0.3 is 9.64 Å². The van der Waals surface area contributed by atoms with Gasteiger partial charge in [-0.05, 0) is 18.2 Å². The summed E-state index contributed by atoms with van der Waals surface area (Å²) in [5.74, 6) is 0.796. The minimum Gasteiger partial charge on any atom is -0.494 e. The van der Waals surface area contributed by atoms with Crippen molar-refractivity contribution in [3.05, 3.63) is 49.1 Å². The number of sulfonamides is 1. The van der Waals surface area contributed by atoms with E-state index in [1.54, 1.807) is 48.4 Å².